The van der Waals surface area contributed by atoms with E-state index in [2.05, 4.69) is 4.18 Å². The van der Waals surface area contributed by atoms with Crippen molar-refractivity contribution < 1.29 is 21.8 Å². The van der Waals surface area contributed by atoms with E-state index in [1.54, 1.807) is 0 Å². The maximum atomic E-state index is 13.3. The first kappa shape index (κ1) is 12.8. The third-order valence-corrected chi connectivity index (χ3v) is 2.48. The molecule has 16 heavy (non-hydrogen) atoms. The molecule has 0 aromatic heterocycles. The fourth-order valence-corrected chi connectivity index (χ4v) is 1.53. The number of carbonyl (C=O) groups excluding carboxylic acids is 1. The Bertz CT molecular complexity index is 482. The maximum Gasteiger partial charge on any atom is 0.264 e. The second kappa shape index (κ2) is 5.18. The second-order valence-electron chi connectivity index (χ2n) is 3.24. The maximum absolute atomic E-state index is 13.3. The fourth-order valence-electron chi connectivity index (χ4n) is 1.14. The summed E-state index contributed by atoms with van der Waals surface area (Å²) in [7, 11) is -3.50. The third kappa shape index (κ3) is 4.08. The molecule has 0 heterocycles. The van der Waals surface area contributed by atoms with E-state index in [9.17, 15) is 17.6 Å². The first-order chi connectivity index (χ1) is 7.42. The molecule has 4 nitrogen and oxygen atoms in total. The van der Waals surface area contributed by atoms with Crippen LogP contribution < -0.4 is 0 Å². The molecule has 0 amide bonds. The van der Waals surface area contributed by atoms with Crippen molar-refractivity contribution in [1.82, 2.24) is 0 Å². The van der Waals surface area contributed by atoms with E-state index in [1.165, 1.54) is 12.1 Å². The van der Waals surface area contributed by atoms with Crippen LogP contribution in [0.5, 0.6) is 0 Å². The van der Waals surface area contributed by atoms with Crippen molar-refractivity contribution in [2.45, 2.75) is 6.42 Å². The summed E-state index contributed by atoms with van der Waals surface area (Å²) in [5.74, 6) is -0.540. The van der Waals surface area contributed by atoms with Gasteiger partial charge in [-0.3, -0.25) is 8.98 Å². The molecule has 0 aliphatic rings. The summed E-state index contributed by atoms with van der Waals surface area (Å²) in [4.78, 5) is 10.3. The minimum Gasteiger partial charge on any atom is -0.298 e. The summed E-state index contributed by atoms with van der Waals surface area (Å²) in [5, 5.41) is 0. The standard InChI is InChI=1S/C10H11FO4S/c1-16(13,14)15-5-4-9-3-2-8(7-12)6-10(9)11/h2-3,6-7H,4-5H2,1H3. The van der Waals surface area contributed by atoms with Gasteiger partial charge in [-0.15, -0.1) is 0 Å². The van der Waals surface area contributed by atoms with E-state index in [0.717, 1.165) is 12.3 Å². The van der Waals surface area contributed by atoms with E-state index in [-0.39, 0.29) is 18.6 Å². The molecule has 0 bridgehead atoms. The first-order valence-corrected chi connectivity index (χ1v) is 6.32. The Kier molecular flexibility index (Phi) is 4.14. The van der Waals surface area contributed by atoms with E-state index < -0.39 is 15.9 Å². The molecule has 6 heteroatoms. The fraction of sp³-hybridized carbons (Fsp3) is 0.300. The average Bonchev–Trinajstić information content (AvgIpc) is 2.18. The van der Waals surface area contributed by atoms with Gasteiger partial charge in [0.05, 0.1) is 12.9 Å². The Morgan fingerprint density at radius 2 is 2.12 bits per heavy atom. The van der Waals surface area contributed by atoms with E-state index in [4.69, 9.17) is 0 Å². The summed E-state index contributed by atoms with van der Waals surface area (Å²) >= 11 is 0. The largest absolute Gasteiger partial charge is 0.298 e. The molecule has 0 saturated heterocycles. The van der Waals surface area contributed by atoms with Crippen LogP contribution in [0.15, 0.2) is 18.2 Å². The minimum atomic E-state index is -3.50. The first-order valence-electron chi connectivity index (χ1n) is 4.50. The van der Waals surface area contributed by atoms with Crippen LogP contribution in [0.25, 0.3) is 0 Å². The van der Waals surface area contributed by atoms with Gasteiger partial charge in [-0.05, 0) is 11.6 Å². The highest BCUT2D eigenvalue weighted by Crippen LogP contribution is 2.10. The molecule has 1 aromatic carbocycles. The molecule has 1 rings (SSSR count). The quantitative estimate of drug-likeness (QED) is 0.577. The predicted molar refractivity (Wildman–Crippen MR) is 56.3 cm³/mol. The summed E-state index contributed by atoms with van der Waals surface area (Å²) in [6.07, 6.45) is 1.61. The molecule has 0 aliphatic heterocycles. The van der Waals surface area contributed by atoms with Gasteiger partial charge in [-0.25, -0.2) is 4.39 Å². The van der Waals surface area contributed by atoms with Gasteiger partial charge in [0.25, 0.3) is 10.1 Å². The lowest BCUT2D eigenvalue weighted by Crippen LogP contribution is -2.07. The number of halogens is 1. The summed E-state index contributed by atoms with van der Waals surface area (Å²) in [6, 6.07) is 4.00. The van der Waals surface area contributed by atoms with Gasteiger partial charge >= 0.3 is 0 Å². The van der Waals surface area contributed by atoms with E-state index >= 15 is 0 Å². The summed E-state index contributed by atoms with van der Waals surface area (Å²) < 4.78 is 39.1. The van der Waals surface area contributed by atoms with Crippen LogP contribution in [0.2, 0.25) is 0 Å². The van der Waals surface area contributed by atoms with Crippen LogP contribution >= 0.6 is 0 Å². The highest BCUT2D eigenvalue weighted by Gasteiger charge is 2.06. The van der Waals surface area contributed by atoms with Gasteiger partial charge in [0, 0.05) is 12.0 Å². The normalized spacial score (nSPS) is 11.4. The van der Waals surface area contributed by atoms with Crippen LogP contribution in [0.4, 0.5) is 4.39 Å². The number of hydrogen-bond donors (Lipinski definition) is 0. The molecule has 0 fully saturated rings. The molecule has 1 aromatic rings. The lowest BCUT2D eigenvalue weighted by atomic mass is 10.1. The molecule has 0 spiro atoms. The molecular weight excluding hydrogens is 235 g/mol. The highest BCUT2D eigenvalue weighted by molar-refractivity contribution is 7.85. The van der Waals surface area contributed by atoms with Gasteiger partial charge in [-0.2, -0.15) is 8.42 Å². The van der Waals surface area contributed by atoms with E-state index in [0.29, 0.717) is 11.8 Å². The monoisotopic (exact) mass is 246 g/mol. The number of rotatable bonds is 5. The van der Waals surface area contributed by atoms with E-state index in [1.807, 2.05) is 0 Å². The van der Waals surface area contributed by atoms with Crippen LogP contribution in [0.1, 0.15) is 15.9 Å². The Balaban J connectivity index is 2.65. The molecule has 0 N–H and O–H groups in total. The summed E-state index contributed by atoms with van der Waals surface area (Å²) in [5.41, 5.74) is 0.555. The van der Waals surface area contributed by atoms with Crippen molar-refractivity contribution >= 4 is 16.4 Å². The minimum absolute atomic E-state index is 0.115. The van der Waals surface area contributed by atoms with Crippen molar-refractivity contribution in [2.24, 2.45) is 0 Å². The zero-order valence-electron chi connectivity index (χ0n) is 8.64. The molecule has 0 saturated carbocycles. The Morgan fingerprint density at radius 1 is 1.44 bits per heavy atom. The lowest BCUT2D eigenvalue weighted by Gasteiger charge is -2.03. The zero-order valence-corrected chi connectivity index (χ0v) is 9.46. The molecule has 0 atom stereocenters. The number of benzene rings is 1. The van der Waals surface area contributed by atoms with Crippen molar-refractivity contribution in [3.05, 3.63) is 35.1 Å². The Hall–Kier alpha value is -1.27. The Labute approximate surface area is 93.2 Å². The van der Waals surface area contributed by atoms with Gasteiger partial charge < -0.3 is 0 Å². The second-order valence-corrected chi connectivity index (χ2v) is 4.89. The molecule has 0 unspecified atom stereocenters. The van der Waals surface area contributed by atoms with Gasteiger partial charge in [0.15, 0.2) is 0 Å². The zero-order chi connectivity index (χ0) is 12.2. The van der Waals surface area contributed by atoms with Gasteiger partial charge in [0.1, 0.15) is 12.1 Å². The topological polar surface area (TPSA) is 60.4 Å². The molecule has 0 radical (unpaired) electrons. The van der Waals surface area contributed by atoms with Gasteiger partial charge in [0.2, 0.25) is 0 Å². The SMILES string of the molecule is CS(=O)(=O)OCCc1ccc(C=O)cc1F. The van der Waals surface area contributed by atoms with Crippen molar-refractivity contribution in [3.63, 3.8) is 0 Å². The van der Waals surface area contributed by atoms with Crippen molar-refractivity contribution in [1.29, 1.82) is 0 Å². The van der Waals surface area contributed by atoms with Gasteiger partial charge in [-0.1, -0.05) is 12.1 Å². The molecular formula is C10H11FO4S. The molecule has 0 aliphatic carbocycles. The predicted octanol–water partition coefficient (Wildman–Crippen LogP) is 1.16. The third-order valence-electron chi connectivity index (χ3n) is 1.88. The lowest BCUT2D eigenvalue weighted by molar-refractivity contribution is 0.112. The van der Waals surface area contributed by atoms with Crippen LogP contribution in [-0.2, 0) is 20.7 Å². The molecule has 88 valence electrons. The van der Waals surface area contributed by atoms with Crippen LogP contribution in [0, 0.1) is 5.82 Å². The van der Waals surface area contributed by atoms with Crippen LogP contribution in [0.3, 0.4) is 0 Å². The van der Waals surface area contributed by atoms with Crippen molar-refractivity contribution in [3.8, 4) is 0 Å². The average molecular weight is 246 g/mol. The Morgan fingerprint density at radius 3 is 2.62 bits per heavy atom. The van der Waals surface area contributed by atoms with Crippen molar-refractivity contribution in [2.75, 3.05) is 12.9 Å². The summed E-state index contributed by atoms with van der Waals surface area (Å²) in [6.45, 7) is -0.115. The number of hydrogen-bond acceptors (Lipinski definition) is 4. The smallest absolute Gasteiger partial charge is 0.264 e. The number of aldehydes is 1. The highest BCUT2D eigenvalue weighted by atomic mass is 32.2. The number of carbonyl (C=O) groups is 1. The van der Waals surface area contributed by atoms with Crippen LogP contribution in [-0.4, -0.2) is 27.6 Å².